The predicted molar refractivity (Wildman–Crippen MR) is 85.4 cm³/mol. The van der Waals surface area contributed by atoms with E-state index < -0.39 is 10.0 Å². The Bertz CT molecular complexity index is 798. The van der Waals surface area contributed by atoms with Crippen LogP contribution in [-0.2, 0) is 16.4 Å². The Balaban J connectivity index is 1.94. The highest BCUT2D eigenvalue weighted by molar-refractivity contribution is 7.92. The largest absolute Gasteiger partial charge is 0.384 e. The third kappa shape index (κ3) is 2.74. The van der Waals surface area contributed by atoms with Gasteiger partial charge in [-0.25, -0.2) is 8.42 Å². The molecular weight excluding hydrogens is 284 g/mol. The van der Waals surface area contributed by atoms with Gasteiger partial charge in [-0.2, -0.15) is 0 Å². The summed E-state index contributed by atoms with van der Waals surface area (Å²) in [5, 5.41) is 3.26. The van der Waals surface area contributed by atoms with E-state index in [-0.39, 0.29) is 0 Å². The lowest BCUT2D eigenvalue weighted by Gasteiger charge is -2.12. The Morgan fingerprint density at radius 1 is 1.10 bits per heavy atom. The van der Waals surface area contributed by atoms with Crippen LogP contribution in [0.25, 0.3) is 0 Å². The van der Waals surface area contributed by atoms with Crippen molar-refractivity contribution in [1.29, 1.82) is 0 Å². The molecule has 1 heterocycles. The number of sulfonamides is 1. The molecule has 1 aliphatic heterocycles. The zero-order valence-electron chi connectivity index (χ0n) is 12.1. The van der Waals surface area contributed by atoms with Gasteiger partial charge in [-0.3, -0.25) is 4.72 Å². The molecule has 1 aliphatic rings. The van der Waals surface area contributed by atoms with E-state index >= 15 is 0 Å². The molecule has 2 aromatic rings. The Labute approximate surface area is 125 Å². The van der Waals surface area contributed by atoms with Crippen LogP contribution in [0.2, 0.25) is 0 Å². The van der Waals surface area contributed by atoms with Crippen LogP contribution in [0.5, 0.6) is 0 Å². The molecule has 0 bridgehead atoms. The van der Waals surface area contributed by atoms with Crippen LogP contribution >= 0.6 is 0 Å². The molecule has 0 aliphatic carbocycles. The van der Waals surface area contributed by atoms with Crippen LogP contribution in [0.4, 0.5) is 11.4 Å². The van der Waals surface area contributed by atoms with E-state index in [2.05, 4.69) is 10.0 Å². The summed E-state index contributed by atoms with van der Waals surface area (Å²) in [6.45, 7) is 4.60. The zero-order valence-corrected chi connectivity index (χ0v) is 12.9. The predicted octanol–water partition coefficient (Wildman–Crippen LogP) is 3.07. The maximum atomic E-state index is 12.5. The molecule has 21 heavy (non-hydrogen) atoms. The van der Waals surface area contributed by atoms with Gasteiger partial charge in [0, 0.05) is 17.9 Å². The van der Waals surface area contributed by atoms with E-state index in [9.17, 15) is 8.42 Å². The molecule has 0 aromatic heterocycles. The second-order valence-corrected chi connectivity index (χ2v) is 7.07. The number of anilines is 2. The second kappa shape index (κ2) is 5.07. The number of fused-ring (bicyclic) bond motifs is 1. The van der Waals surface area contributed by atoms with E-state index in [0.717, 1.165) is 35.3 Å². The van der Waals surface area contributed by atoms with Gasteiger partial charge >= 0.3 is 0 Å². The van der Waals surface area contributed by atoms with Crippen molar-refractivity contribution in [2.45, 2.75) is 25.2 Å². The van der Waals surface area contributed by atoms with Crippen molar-refractivity contribution in [3.63, 3.8) is 0 Å². The average Bonchev–Trinajstić information content (AvgIpc) is 2.88. The first-order valence-electron chi connectivity index (χ1n) is 6.92. The number of benzene rings is 2. The highest BCUT2D eigenvalue weighted by Crippen LogP contribution is 2.27. The van der Waals surface area contributed by atoms with E-state index in [1.807, 2.05) is 31.2 Å². The van der Waals surface area contributed by atoms with Crippen molar-refractivity contribution in [3.05, 3.63) is 53.1 Å². The van der Waals surface area contributed by atoms with Gasteiger partial charge in [0.05, 0.1) is 4.90 Å². The first kappa shape index (κ1) is 13.9. The number of rotatable bonds is 3. The number of nitrogens with one attached hydrogen (secondary N) is 2. The topological polar surface area (TPSA) is 58.2 Å². The van der Waals surface area contributed by atoms with E-state index in [0.29, 0.717) is 10.6 Å². The van der Waals surface area contributed by atoms with Gasteiger partial charge in [0.15, 0.2) is 0 Å². The molecule has 0 amide bonds. The summed E-state index contributed by atoms with van der Waals surface area (Å²) in [6.07, 6.45) is 0.925. The molecule has 110 valence electrons. The van der Waals surface area contributed by atoms with Gasteiger partial charge < -0.3 is 5.32 Å². The van der Waals surface area contributed by atoms with Crippen molar-refractivity contribution in [1.82, 2.24) is 0 Å². The van der Waals surface area contributed by atoms with E-state index in [1.165, 1.54) is 0 Å². The van der Waals surface area contributed by atoms with Gasteiger partial charge in [0.25, 0.3) is 10.0 Å². The Morgan fingerprint density at radius 2 is 1.90 bits per heavy atom. The van der Waals surface area contributed by atoms with Crippen LogP contribution in [-0.4, -0.2) is 15.0 Å². The summed E-state index contributed by atoms with van der Waals surface area (Å²) in [5.41, 5.74) is 4.52. The van der Waals surface area contributed by atoms with Gasteiger partial charge in [0.2, 0.25) is 0 Å². The molecule has 0 radical (unpaired) electrons. The lowest BCUT2D eigenvalue weighted by atomic mass is 10.1. The zero-order chi connectivity index (χ0) is 15.0. The molecule has 0 unspecified atom stereocenters. The van der Waals surface area contributed by atoms with Crippen LogP contribution in [0, 0.1) is 13.8 Å². The highest BCUT2D eigenvalue weighted by Gasteiger charge is 2.18. The minimum absolute atomic E-state index is 0.334. The monoisotopic (exact) mass is 302 g/mol. The summed E-state index contributed by atoms with van der Waals surface area (Å²) >= 11 is 0. The summed E-state index contributed by atoms with van der Waals surface area (Å²) < 4.78 is 27.8. The van der Waals surface area contributed by atoms with Gasteiger partial charge in [-0.1, -0.05) is 12.1 Å². The van der Waals surface area contributed by atoms with Crippen molar-refractivity contribution in [2.24, 2.45) is 0 Å². The van der Waals surface area contributed by atoms with Crippen LogP contribution in [0.1, 0.15) is 16.7 Å². The molecule has 0 fully saturated rings. The minimum atomic E-state index is -3.55. The fourth-order valence-electron chi connectivity index (χ4n) is 2.58. The molecule has 0 spiro atoms. The first-order chi connectivity index (χ1) is 9.95. The van der Waals surface area contributed by atoms with Crippen molar-refractivity contribution >= 4 is 21.4 Å². The lowest BCUT2D eigenvalue weighted by Crippen LogP contribution is -2.14. The molecular formula is C16H18N2O2S. The van der Waals surface area contributed by atoms with Crippen molar-refractivity contribution < 1.29 is 8.42 Å². The summed E-state index contributed by atoms with van der Waals surface area (Å²) in [7, 11) is -3.55. The van der Waals surface area contributed by atoms with Crippen LogP contribution < -0.4 is 10.0 Å². The maximum absolute atomic E-state index is 12.5. The number of hydrogen-bond donors (Lipinski definition) is 2. The van der Waals surface area contributed by atoms with Gasteiger partial charge in [-0.05, 0) is 61.2 Å². The lowest BCUT2D eigenvalue weighted by molar-refractivity contribution is 0.600. The second-order valence-electron chi connectivity index (χ2n) is 5.42. The SMILES string of the molecule is Cc1ccc(C)c(S(=O)(=O)Nc2ccc3c(c2)CCN3)c1. The minimum Gasteiger partial charge on any atom is -0.384 e. The highest BCUT2D eigenvalue weighted by atomic mass is 32.2. The Kier molecular flexibility index (Phi) is 3.37. The average molecular weight is 302 g/mol. The smallest absolute Gasteiger partial charge is 0.262 e. The van der Waals surface area contributed by atoms with Crippen LogP contribution in [0.15, 0.2) is 41.3 Å². The third-order valence-corrected chi connectivity index (χ3v) is 5.22. The quantitative estimate of drug-likeness (QED) is 0.916. The summed E-state index contributed by atoms with van der Waals surface area (Å²) in [4.78, 5) is 0.334. The summed E-state index contributed by atoms with van der Waals surface area (Å²) in [6, 6.07) is 11.1. The fourth-order valence-corrected chi connectivity index (χ4v) is 3.96. The van der Waals surface area contributed by atoms with Gasteiger partial charge in [-0.15, -0.1) is 0 Å². The molecule has 3 rings (SSSR count). The molecule has 0 atom stereocenters. The number of hydrogen-bond acceptors (Lipinski definition) is 3. The van der Waals surface area contributed by atoms with Gasteiger partial charge in [0.1, 0.15) is 0 Å². The fraction of sp³-hybridized carbons (Fsp3) is 0.250. The van der Waals surface area contributed by atoms with Crippen molar-refractivity contribution in [2.75, 3.05) is 16.6 Å². The molecule has 2 N–H and O–H groups in total. The van der Waals surface area contributed by atoms with E-state index in [1.54, 1.807) is 19.1 Å². The Hall–Kier alpha value is -2.01. The molecule has 4 nitrogen and oxygen atoms in total. The Morgan fingerprint density at radius 3 is 2.71 bits per heavy atom. The normalized spacial score (nSPS) is 13.6. The molecule has 0 saturated carbocycles. The van der Waals surface area contributed by atoms with Crippen molar-refractivity contribution in [3.8, 4) is 0 Å². The standard InChI is InChI=1S/C16H18N2O2S/c1-11-3-4-12(2)16(9-11)21(19,20)18-14-5-6-15-13(10-14)7-8-17-15/h3-6,9-10,17-18H,7-8H2,1-2H3. The third-order valence-electron chi connectivity index (χ3n) is 3.70. The molecule has 2 aromatic carbocycles. The molecule has 0 saturated heterocycles. The summed E-state index contributed by atoms with van der Waals surface area (Å²) in [5.74, 6) is 0. The maximum Gasteiger partial charge on any atom is 0.262 e. The van der Waals surface area contributed by atoms with Crippen LogP contribution in [0.3, 0.4) is 0 Å². The van der Waals surface area contributed by atoms with E-state index in [4.69, 9.17) is 0 Å². The first-order valence-corrected chi connectivity index (χ1v) is 8.41. The molecule has 5 heteroatoms. The number of aryl methyl sites for hydroxylation is 2.